The van der Waals surface area contributed by atoms with Crippen molar-refractivity contribution in [2.45, 2.75) is 37.9 Å². The van der Waals surface area contributed by atoms with Crippen LogP contribution in [0.1, 0.15) is 19.3 Å². The summed E-state index contributed by atoms with van der Waals surface area (Å²) in [5.74, 6) is 0.469. The monoisotopic (exact) mass is 218 g/mol. The van der Waals surface area contributed by atoms with Gasteiger partial charge in [0, 0.05) is 12.8 Å². The third kappa shape index (κ3) is 2.05. The van der Waals surface area contributed by atoms with E-state index in [4.69, 9.17) is 0 Å². The van der Waals surface area contributed by atoms with Gasteiger partial charge >= 0.3 is 0 Å². The predicted octanol–water partition coefficient (Wildman–Crippen LogP) is 2.73. The summed E-state index contributed by atoms with van der Waals surface area (Å²) in [5.41, 5.74) is 0.660. The van der Waals surface area contributed by atoms with Gasteiger partial charge < -0.3 is 0 Å². The molecule has 0 aliphatic heterocycles. The molecule has 0 radical (unpaired) electrons. The third-order valence-electron chi connectivity index (χ3n) is 3.78. The van der Waals surface area contributed by atoms with Crippen LogP contribution in [-0.2, 0) is 4.79 Å². The van der Waals surface area contributed by atoms with Gasteiger partial charge in [0.25, 0.3) is 0 Å². The number of hydrogen-bond acceptors (Lipinski definition) is 1. The van der Waals surface area contributed by atoms with E-state index < -0.39 is 8.07 Å². The molecule has 1 aliphatic rings. The fourth-order valence-corrected chi connectivity index (χ4v) is 5.66. The Hall–Kier alpha value is -0.893. The summed E-state index contributed by atoms with van der Waals surface area (Å²) in [6.07, 6.45) is 2.76. The first kappa shape index (κ1) is 10.6. The average Bonchev–Trinajstić information content (AvgIpc) is 2.67. The quantitative estimate of drug-likeness (QED) is 0.698. The van der Waals surface area contributed by atoms with Crippen LogP contribution in [0.5, 0.6) is 0 Å². The van der Waals surface area contributed by atoms with Crippen LogP contribution in [0.15, 0.2) is 30.3 Å². The van der Waals surface area contributed by atoms with Crippen molar-refractivity contribution < 1.29 is 4.79 Å². The van der Waals surface area contributed by atoms with Gasteiger partial charge in [-0.3, -0.25) is 4.79 Å². The Morgan fingerprint density at radius 1 is 1.20 bits per heavy atom. The van der Waals surface area contributed by atoms with Crippen molar-refractivity contribution in [3.05, 3.63) is 30.3 Å². The Kier molecular flexibility index (Phi) is 2.78. The standard InChI is InChI=1S/C13H18OSi/c1-15(2,12-6-4-3-5-7-12)13-9-8-11(14)10-13/h3-7,13H,8-10H2,1-2H3/t13-/m0/s1. The van der Waals surface area contributed by atoms with Crippen LogP contribution in [0.3, 0.4) is 0 Å². The Morgan fingerprint density at radius 3 is 2.40 bits per heavy atom. The zero-order valence-corrected chi connectivity index (χ0v) is 10.5. The molecule has 0 unspecified atom stereocenters. The molecule has 80 valence electrons. The molecule has 1 fully saturated rings. The maximum Gasteiger partial charge on any atom is 0.132 e. The Bertz CT molecular complexity index is 356. The highest BCUT2D eigenvalue weighted by Gasteiger charge is 2.37. The molecular weight excluding hydrogens is 200 g/mol. The normalized spacial score (nSPS) is 22.0. The Labute approximate surface area is 92.5 Å². The van der Waals surface area contributed by atoms with E-state index in [9.17, 15) is 4.79 Å². The fraction of sp³-hybridized carbons (Fsp3) is 0.462. The maximum absolute atomic E-state index is 11.4. The van der Waals surface area contributed by atoms with Crippen molar-refractivity contribution in [3.63, 3.8) is 0 Å². The number of carbonyl (C=O) groups is 1. The molecule has 0 saturated heterocycles. The van der Waals surface area contributed by atoms with Crippen LogP contribution in [0.4, 0.5) is 0 Å². The molecule has 2 heteroatoms. The lowest BCUT2D eigenvalue weighted by Gasteiger charge is -2.29. The molecule has 0 N–H and O–H groups in total. The van der Waals surface area contributed by atoms with E-state index in [-0.39, 0.29) is 0 Å². The van der Waals surface area contributed by atoms with E-state index >= 15 is 0 Å². The van der Waals surface area contributed by atoms with Crippen LogP contribution in [-0.4, -0.2) is 13.9 Å². The van der Waals surface area contributed by atoms with E-state index in [1.54, 1.807) is 0 Å². The third-order valence-corrected chi connectivity index (χ3v) is 8.14. The van der Waals surface area contributed by atoms with Crippen LogP contribution < -0.4 is 5.19 Å². The summed E-state index contributed by atoms with van der Waals surface area (Å²) in [6, 6.07) is 10.7. The molecule has 0 heterocycles. The van der Waals surface area contributed by atoms with Gasteiger partial charge in [-0.05, 0) is 12.0 Å². The van der Waals surface area contributed by atoms with Crippen molar-refractivity contribution in [2.75, 3.05) is 0 Å². The number of benzene rings is 1. The Morgan fingerprint density at radius 2 is 1.87 bits per heavy atom. The van der Waals surface area contributed by atoms with Gasteiger partial charge in [0.15, 0.2) is 0 Å². The second-order valence-corrected chi connectivity index (χ2v) is 9.90. The van der Waals surface area contributed by atoms with E-state index in [0.29, 0.717) is 11.3 Å². The largest absolute Gasteiger partial charge is 0.300 e. The van der Waals surface area contributed by atoms with Gasteiger partial charge in [-0.25, -0.2) is 0 Å². The molecule has 0 aromatic heterocycles. The lowest BCUT2D eigenvalue weighted by Crippen LogP contribution is -2.45. The van der Waals surface area contributed by atoms with Gasteiger partial charge in [0.05, 0.1) is 8.07 Å². The molecule has 2 rings (SSSR count). The molecule has 1 aromatic carbocycles. The van der Waals surface area contributed by atoms with Gasteiger partial charge in [0.2, 0.25) is 0 Å². The lowest BCUT2D eigenvalue weighted by molar-refractivity contribution is -0.117. The topological polar surface area (TPSA) is 17.1 Å². The highest BCUT2D eigenvalue weighted by Crippen LogP contribution is 2.36. The van der Waals surface area contributed by atoms with Crippen molar-refractivity contribution >= 4 is 19.0 Å². The number of hydrogen-bond donors (Lipinski definition) is 0. The molecule has 1 atom stereocenters. The van der Waals surface area contributed by atoms with E-state index in [0.717, 1.165) is 19.3 Å². The average molecular weight is 218 g/mol. The molecule has 0 amide bonds. The first-order valence-corrected chi connectivity index (χ1v) is 8.75. The van der Waals surface area contributed by atoms with Crippen molar-refractivity contribution in [1.29, 1.82) is 0 Å². The molecule has 0 spiro atoms. The first-order chi connectivity index (χ1) is 7.10. The SMILES string of the molecule is C[Si](C)(c1ccccc1)[C@H]1CCC(=O)C1. The second kappa shape index (κ2) is 3.93. The van der Waals surface area contributed by atoms with Crippen LogP contribution in [0, 0.1) is 0 Å². The highest BCUT2D eigenvalue weighted by atomic mass is 28.3. The van der Waals surface area contributed by atoms with Crippen molar-refractivity contribution in [1.82, 2.24) is 0 Å². The summed E-state index contributed by atoms with van der Waals surface area (Å²) in [7, 11) is -1.41. The first-order valence-electron chi connectivity index (χ1n) is 5.68. The minimum absolute atomic E-state index is 0.469. The van der Waals surface area contributed by atoms with E-state index in [2.05, 4.69) is 43.4 Å². The summed E-state index contributed by atoms with van der Waals surface area (Å²) in [6.45, 7) is 4.79. The number of ketones is 1. The van der Waals surface area contributed by atoms with Crippen molar-refractivity contribution in [3.8, 4) is 0 Å². The molecule has 0 bridgehead atoms. The predicted molar refractivity (Wildman–Crippen MR) is 66.2 cm³/mol. The Balaban J connectivity index is 2.23. The van der Waals surface area contributed by atoms with Crippen molar-refractivity contribution in [2.24, 2.45) is 0 Å². The van der Waals surface area contributed by atoms with Gasteiger partial charge in [-0.2, -0.15) is 0 Å². The highest BCUT2D eigenvalue weighted by molar-refractivity contribution is 6.91. The van der Waals surface area contributed by atoms with Crippen LogP contribution >= 0.6 is 0 Å². The minimum Gasteiger partial charge on any atom is -0.300 e. The summed E-state index contributed by atoms with van der Waals surface area (Å²) < 4.78 is 0. The molecule has 15 heavy (non-hydrogen) atoms. The molecular formula is C13H18OSi. The smallest absolute Gasteiger partial charge is 0.132 e. The van der Waals surface area contributed by atoms with Crippen LogP contribution in [0.25, 0.3) is 0 Å². The molecule has 1 nitrogen and oxygen atoms in total. The molecule has 1 aromatic rings. The van der Waals surface area contributed by atoms with Crippen LogP contribution in [0.2, 0.25) is 18.6 Å². The summed E-state index contributed by atoms with van der Waals surface area (Å²) in [4.78, 5) is 11.4. The van der Waals surface area contributed by atoms with E-state index in [1.807, 2.05) is 0 Å². The fourth-order valence-electron chi connectivity index (χ4n) is 2.53. The lowest BCUT2D eigenvalue weighted by atomic mass is 10.3. The summed E-state index contributed by atoms with van der Waals surface area (Å²) >= 11 is 0. The molecule has 1 aliphatic carbocycles. The minimum atomic E-state index is -1.41. The maximum atomic E-state index is 11.4. The number of rotatable bonds is 2. The zero-order valence-electron chi connectivity index (χ0n) is 9.49. The van der Waals surface area contributed by atoms with Gasteiger partial charge in [-0.15, -0.1) is 0 Å². The van der Waals surface area contributed by atoms with Gasteiger partial charge in [-0.1, -0.05) is 48.6 Å². The number of carbonyl (C=O) groups excluding carboxylic acids is 1. The van der Waals surface area contributed by atoms with E-state index in [1.165, 1.54) is 5.19 Å². The zero-order chi connectivity index (χ0) is 10.9. The second-order valence-electron chi connectivity index (χ2n) is 5.07. The summed E-state index contributed by atoms with van der Waals surface area (Å²) in [5, 5.41) is 1.49. The molecule has 1 saturated carbocycles. The number of Topliss-reactive ketones (excluding diaryl/α,β-unsaturated/α-hetero) is 1. The van der Waals surface area contributed by atoms with Gasteiger partial charge in [0.1, 0.15) is 5.78 Å².